The molecule has 0 unspecified atom stereocenters. The molecule has 0 N–H and O–H groups in total. The number of nitrogens with zero attached hydrogens (tertiary/aromatic N) is 3. The quantitative estimate of drug-likeness (QED) is 0.419. The molecular formula is C26H22FN3O3. The number of rotatable bonds is 4. The zero-order valence-electron chi connectivity index (χ0n) is 18.5. The van der Waals surface area contributed by atoms with Crippen molar-refractivity contribution in [3.63, 3.8) is 0 Å². The molecule has 0 amide bonds. The Hall–Kier alpha value is -4.13. The van der Waals surface area contributed by atoms with Gasteiger partial charge in [-0.25, -0.2) is 13.8 Å². The van der Waals surface area contributed by atoms with E-state index in [2.05, 4.69) is 0 Å². The van der Waals surface area contributed by atoms with E-state index in [0.29, 0.717) is 33.4 Å². The number of hydrogen-bond donors (Lipinski definition) is 0. The molecule has 166 valence electrons. The number of fused-ring (bicyclic) bond motifs is 3. The topological polar surface area (TPSA) is 58.2 Å². The third kappa shape index (κ3) is 3.33. The molecule has 0 saturated heterocycles. The van der Waals surface area contributed by atoms with Gasteiger partial charge in [0.1, 0.15) is 17.1 Å². The van der Waals surface area contributed by atoms with Crippen LogP contribution in [0.1, 0.15) is 11.1 Å². The highest BCUT2D eigenvalue weighted by molar-refractivity contribution is 6.06. The molecule has 7 heteroatoms. The second kappa shape index (κ2) is 7.78. The summed E-state index contributed by atoms with van der Waals surface area (Å²) >= 11 is 0. The number of benzene rings is 3. The average molecular weight is 443 g/mol. The summed E-state index contributed by atoms with van der Waals surface area (Å²) in [6.07, 6.45) is 0. The van der Waals surface area contributed by atoms with Crippen LogP contribution in [0.5, 0.6) is 5.75 Å². The second-order valence-electron chi connectivity index (χ2n) is 8.11. The number of ether oxygens (including phenoxy) is 1. The molecule has 0 spiro atoms. The standard InChI is InChI=1S/C26H22FN3O3/c1-16-7-9-19(10-8-16)30-25(31)24-23(21-14-20(33-3)11-12-22(21)28(24)2)29(26(30)32)15-17-5-4-6-18(27)13-17/h4-14H,15H2,1-3H3. The first-order chi connectivity index (χ1) is 15.9. The molecular weight excluding hydrogens is 421 g/mol. The molecule has 2 heterocycles. The van der Waals surface area contributed by atoms with Crippen LogP contribution in [0.25, 0.3) is 27.6 Å². The summed E-state index contributed by atoms with van der Waals surface area (Å²) in [5.74, 6) is 0.228. The van der Waals surface area contributed by atoms with Crippen molar-refractivity contribution in [2.45, 2.75) is 13.5 Å². The third-order valence-corrected chi connectivity index (χ3v) is 6.00. The first-order valence-electron chi connectivity index (χ1n) is 10.5. The van der Waals surface area contributed by atoms with Gasteiger partial charge in [0.15, 0.2) is 0 Å². The van der Waals surface area contributed by atoms with E-state index < -0.39 is 11.2 Å². The van der Waals surface area contributed by atoms with Gasteiger partial charge >= 0.3 is 5.69 Å². The summed E-state index contributed by atoms with van der Waals surface area (Å²) in [7, 11) is 3.37. The van der Waals surface area contributed by atoms with Gasteiger partial charge in [-0.2, -0.15) is 0 Å². The molecule has 33 heavy (non-hydrogen) atoms. The molecule has 5 rings (SSSR count). The van der Waals surface area contributed by atoms with Crippen LogP contribution >= 0.6 is 0 Å². The molecule has 0 aliphatic carbocycles. The summed E-state index contributed by atoms with van der Waals surface area (Å²) < 4.78 is 23.8. The van der Waals surface area contributed by atoms with Gasteiger partial charge in [-0.05, 0) is 55.0 Å². The lowest BCUT2D eigenvalue weighted by Gasteiger charge is -2.14. The predicted octanol–water partition coefficient (Wildman–Crippen LogP) is 4.15. The highest BCUT2D eigenvalue weighted by Gasteiger charge is 2.21. The largest absolute Gasteiger partial charge is 0.497 e. The number of aryl methyl sites for hydroxylation is 2. The maximum atomic E-state index is 13.9. The van der Waals surface area contributed by atoms with E-state index in [0.717, 1.165) is 11.1 Å². The lowest BCUT2D eigenvalue weighted by molar-refractivity contribution is 0.415. The Morgan fingerprint density at radius 3 is 2.39 bits per heavy atom. The van der Waals surface area contributed by atoms with E-state index >= 15 is 0 Å². The SMILES string of the molecule is COc1ccc2c(c1)c1c(c(=O)n(-c3ccc(C)cc3)c(=O)n1Cc1cccc(F)c1)n2C. The minimum Gasteiger partial charge on any atom is -0.497 e. The normalized spacial score (nSPS) is 11.4. The van der Waals surface area contributed by atoms with Gasteiger partial charge in [-0.3, -0.25) is 9.36 Å². The van der Waals surface area contributed by atoms with Crippen LogP contribution in [0.15, 0.2) is 76.3 Å². The van der Waals surface area contributed by atoms with E-state index in [1.165, 1.54) is 21.3 Å². The van der Waals surface area contributed by atoms with Crippen LogP contribution in [0.2, 0.25) is 0 Å². The molecule has 6 nitrogen and oxygen atoms in total. The van der Waals surface area contributed by atoms with Crippen molar-refractivity contribution < 1.29 is 9.13 Å². The number of halogens is 1. The van der Waals surface area contributed by atoms with Gasteiger partial charge in [0.2, 0.25) is 0 Å². The van der Waals surface area contributed by atoms with Crippen molar-refractivity contribution in [2.75, 3.05) is 7.11 Å². The maximum Gasteiger partial charge on any atom is 0.336 e. The first-order valence-corrected chi connectivity index (χ1v) is 10.5. The van der Waals surface area contributed by atoms with E-state index in [4.69, 9.17) is 4.74 Å². The average Bonchev–Trinajstić information content (AvgIpc) is 3.10. The van der Waals surface area contributed by atoms with Gasteiger partial charge in [-0.1, -0.05) is 29.8 Å². The Morgan fingerprint density at radius 2 is 1.70 bits per heavy atom. The second-order valence-corrected chi connectivity index (χ2v) is 8.11. The smallest absolute Gasteiger partial charge is 0.336 e. The fourth-order valence-corrected chi connectivity index (χ4v) is 4.34. The van der Waals surface area contributed by atoms with Crippen molar-refractivity contribution >= 4 is 21.9 Å². The lowest BCUT2D eigenvalue weighted by Crippen LogP contribution is -2.39. The van der Waals surface area contributed by atoms with Crippen LogP contribution in [-0.2, 0) is 13.6 Å². The van der Waals surface area contributed by atoms with Crippen molar-refractivity contribution in [1.29, 1.82) is 0 Å². The van der Waals surface area contributed by atoms with Gasteiger partial charge in [-0.15, -0.1) is 0 Å². The van der Waals surface area contributed by atoms with Crippen molar-refractivity contribution in [3.8, 4) is 11.4 Å². The minimum absolute atomic E-state index is 0.107. The van der Waals surface area contributed by atoms with Crippen molar-refractivity contribution in [1.82, 2.24) is 13.7 Å². The van der Waals surface area contributed by atoms with Gasteiger partial charge in [0.05, 0.1) is 30.4 Å². The first kappa shape index (κ1) is 20.8. The summed E-state index contributed by atoms with van der Waals surface area (Å²) in [4.78, 5) is 27.5. The molecule has 5 aromatic rings. The Morgan fingerprint density at radius 1 is 0.939 bits per heavy atom. The van der Waals surface area contributed by atoms with Crippen molar-refractivity contribution in [3.05, 3.63) is 105 Å². The maximum absolute atomic E-state index is 13.9. The molecule has 3 aromatic carbocycles. The Labute approximate surface area is 188 Å². The monoisotopic (exact) mass is 443 g/mol. The summed E-state index contributed by atoms with van der Waals surface area (Å²) in [6.45, 7) is 2.05. The Bertz CT molecular complexity index is 1640. The highest BCUT2D eigenvalue weighted by Crippen LogP contribution is 2.29. The highest BCUT2D eigenvalue weighted by atomic mass is 19.1. The minimum atomic E-state index is -0.490. The Balaban J connectivity index is 1.94. The summed E-state index contributed by atoms with van der Waals surface area (Å²) in [6, 6.07) is 18.8. The molecule has 0 saturated carbocycles. The zero-order valence-corrected chi connectivity index (χ0v) is 18.5. The van der Waals surface area contributed by atoms with E-state index in [1.54, 1.807) is 43.0 Å². The van der Waals surface area contributed by atoms with Crippen LogP contribution in [-0.4, -0.2) is 20.8 Å². The van der Waals surface area contributed by atoms with Crippen molar-refractivity contribution in [2.24, 2.45) is 7.05 Å². The van der Waals surface area contributed by atoms with E-state index in [1.807, 2.05) is 37.3 Å². The van der Waals surface area contributed by atoms with Gasteiger partial charge in [0.25, 0.3) is 5.56 Å². The molecule has 0 bridgehead atoms. The predicted molar refractivity (Wildman–Crippen MR) is 127 cm³/mol. The summed E-state index contributed by atoms with van der Waals surface area (Å²) in [5, 5.41) is 0.716. The number of methoxy groups -OCH3 is 1. The van der Waals surface area contributed by atoms with Crippen LogP contribution in [0, 0.1) is 12.7 Å². The molecule has 0 radical (unpaired) electrons. The molecule has 0 aliphatic heterocycles. The third-order valence-electron chi connectivity index (χ3n) is 6.00. The van der Waals surface area contributed by atoms with Crippen LogP contribution in [0.3, 0.4) is 0 Å². The zero-order chi connectivity index (χ0) is 23.3. The Kier molecular flexibility index (Phi) is 4.89. The summed E-state index contributed by atoms with van der Waals surface area (Å²) in [5.41, 5.74) is 2.88. The van der Waals surface area contributed by atoms with Gasteiger partial charge < -0.3 is 9.30 Å². The lowest BCUT2D eigenvalue weighted by atomic mass is 10.2. The van der Waals surface area contributed by atoms with Crippen LogP contribution < -0.4 is 16.0 Å². The van der Waals surface area contributed by atoms with E-state index in [9.17, 15) is 14.0 Å². The van der Waals surface area contributed by atoms with E-state index in [-0.39, 0.29) is 12.4 Å². The molecule has 0 aliphatic rings. The molecule has 0 atom stereocenters. The van der Waals surface area contributed by atoms with Gasteiger partial charge in [0, 0.05) is 12.4 Å². The molecule has 0 fully saturated rings. The number of aromatic nitrogens is 3. The molecule has 2 aromatic heterocycles. The fraction of sp³-hybridized carbons (Fsp3) is 0.154. The fourth-order valence-electron chi connectivity index (χ4n) is 4.34. The number of hydrogen-bond acceptors (Lipinski definition) is 3. The van der Waals surface area contributed by atoms with Crippen LogP contribution in [0.4, 0.5) is 4.39 Å².